The fourth-order valence-electron chi connectivity index (χ4n) is 4.63. The van der Waals surface area contributed by atoms with E-state index in [1.165, 1.54) is 5.56 Å². The summed E-state index contributed by atoms with van der Waals surface area (Å²) in [4.78, 5) is 15.5. The predicted octanol–water partition coefficient (Wildman–Crippen LogP) is 4.70. The van der Waals surface area contributed by atoms with E-state index < -0.39 is 0 Å². The van der Waals surface area contributed by atoms with E-state index in [9.17, 15) is 4.79 Å². The molecule has 2 aromatic heterocycles. The molecule has 3 heterocycles. The minimum atomic E-state index is 0.101. The van der Waals surface area contributed by atoms with Crippen LogP contribution in [0.4, 0.5) is 0 Å². The number of rotatable bonds is 4. The minimum Gasteiger partial charge on any atom is -0.338 e. The highest BCUT2D eigenvalue weighted by atomic mass is 32.1. The number of nitrogens with zero attached hydrogens (tertiary/aromatic N) is 4. The van der Waals surface area contributed by atoms with Crippen LogP contribution >= 0.6 is 12.2 Å². The van der Waals surface area contributed by atoms with Gasteiger partial charge in [0.25, 0.3) is 5.91 Å². The summed E-state index contributed by atoms with van der Waals surface area (Å²) in [6.07, 6.45) is 1.99. The minimum absolute atomic E-state index is 0.101. The molecule has 1 aliphatic heterocycles. The Labute approximate surface area is 182 Å². The first kappa shape index (κ1) is 20.6. The topological polar surface area (TPSA) is 58.9 Å². The molecule has 1 unspecified atom stereocenters. The molecule has 158 valence electrons. The summed E-state index contributed by atoms with van der Waals surface area (Å²) in [6, 6.07) is 10.4. The second-order valence-corrected chi connectivity index (χ2v) is 8.57. The van der Waals surface area contributed by atoms with Crippen LogP contribution in [0.2, 0.25) is 0 Å². The summed E-state index contributed by atoms with van der Waals surface area (Å²) < 4.78 is 4.86. The van der Waals surface area contributed by atoms with Crippen molar-refractivity contribution in [3.63, 3.8) is 0 Å². The van der Waals surface area contributed by atoms with E-state index in [0.717, 1.165) is 54.4 Å². The number of carbonyl (C=O) groups is 1. The zero-order valence-electron chi connectivity index (χ0n) is 18.1. The number of carbonyl (C=O) groups excluding carboxylic acids is 1. The number of aromatic nitrogens is 4. The number of aryl methyl sites for hydroxylation is 2. The molecule has 1 fully saturated rings. The molecule has 1 N–H and O–H groups in total. The maximum atomic E-state index is 13.5. The maximum Gasteiger partial charge on any atom is 0.255 e. The Balaban J connectivity index is 1.62. The van der Waals surface area contributed by atoms with Crippen molar-refractivity contribution in [2.45, 2.75) is 53.0 Å². The van der Waals surface area contributed by atoms with Gasteiger partial charge in [-0.15, -0.1) is 0 Å². The number of piperidine rings is 1. The zero-order valence-corrected chi connectivity index (χ0v) is 18.9. The monoisotopic (exact) mass is 423 g/mol. The van der Waals surface area contributed by atoms with Gasteiger partial charge in [-0.3, -0.25) is 9.89 Å². The Morgan fingerprint density at radius 3 is 2.80 bits per heavy atom. The van der Waals surface area contributed by atoms with Crippen molar-refractivity contribution < 1.29 is 4.79 Å². The third kappa shape index (κ3) is 3.62. The van der Waals surface area contributed by atoms with Gasteiger partial charge in [0.05, 0.1) is 5.56 Å². The van der Waals surface area contributed by atoms with Gasteiger partial charge in [0.1, 0.15) is 5.82 Å². The summed E-state index contributed by atoms with van der Waals surface area (Å²) >= 11 is 5.35. The largest absolute Gasteiger partial charge is 0.338 e. The smallest absolute Gasteiger partial charge is 0.255 e. The summed E-state index contributed by atoms with van der Waals surface area (Å²) in [5, 5.41) is 7.38. The van der Waals surface area contributed by atoms with E-state index in [2.05, 4.69) is 59.8 Å². The van der Waals surface area contributed by atoms with Gasteiger partial charge < -0.3 is 14.0 Å². The van der Waals surface area contributed by atoms with Crippen LogP contribution < -0.4 is 0 Å². The molecule has 4 rings (SSSR count). The van der Waals surface area contributed by atoms with Crippen LogP contribution in [0.1, 0.15) is 58.8 Å². The molecule has 1 amide bonds. The van der Waals surface area contributed by atoms with E-state index in [4.69, 9.17) is 12.2 Å². The van der Waals surface area contributed by atoms with Gasteiger partial charge in [0, 0.05) is 42.6 Å². The SMILES string of the molecule is CCn1c(C2CCCN(C(=O)c3cc(C)n(-c4cccc(C)c4)c3C)C2)n[nH]c1=S. The van der Waals surface area contributed by atoms with E-state index in [0.29, 0.717) is 11.3 Å². The van der Waals surface area contributed by atoms with Crippen molar-refractivity contribution in [1.82, 2.24) is 24.2 Å². The van der Waals surface area contributed by atoms with Crippen LogP contribution in [0.3, 0.4) is 0 Å². The first-order valence-electron chi connectivity index (χ1n) is 10.6. The van der Waals surface area contributed by atoms with Crippen molar-refractivity contribution in [2.24, 2.45) is 0 Å². The maximum absolute atomic E-state index is 13.5. The molecule has 0 aliphatic carbocycles. The van der Waals surface area contributed by atoms with Crippen molar-refractivity contribution in [3.8, 4) is 5.69 Å². The Kier molecular flexibility index (Phi) is 5.64. The Hall–Kier alpha value is -2.67. The van der Waals surface area contributed by atoms with Gasteiger partial charge >= 0.3 is 0 Å². The summed E-state index contributed by atoms with van der Waals surface area (Å²) in [5.41, 5.74) is 5.14. The number of nitrogens with one attached hydrogen (secondary N) is 1. The second kappa shape index (κ2) is 8.22. The number of benzene rings is 1. The molecule has 6 nitrogen and oxygen atoms in total. The number of hydrogen-bond acceptors (Lipinski definition) is 3. The third-order valence-electron chi connectivity index (χ3n) is 6.10. The molecule has 0 saturated carbocycles. The highest BCUT2D eigenvalue weighted by molar-refractivity contribution is 7.71. The average molecular weight is 424 g/mol. The van der Waals surface area contributed by atoms with E-state index in [1.807, 2.05) is 22.5 Å². The van der Waals surface area contributed by atoms with Crippen LogP contribution in [-0.2, 0) is 6.54 Å². The van der Waals surface area contributed by atoms with Crippen LogP contribution in [0.25, 0.3) is 5.69 Å². The molecular formula is C23H29N5OS. The van der Waals surface area contributed by atoms with Crippen LogP contribution in [0.5, 0.6) is 0 Å². The molecule has 0 bridgehead atoms. The summed E-state index contributed by atoms with van der Waals surface area (Å²) in [6.45, 7) is 10.5. The molecule has 3 aromatic rings. The van der Waals surface area contributed by atoms with Crippen molar-refractivity contribution in [1.29, 1.82) is 0 Å². The molecule has 1 aromatic carbocycles. The van der Waals surface area contributed by atoms with Crippen molar-refractivity contribution in [3.05, 3.63) is 63.4 Å². The molecule has 30 heavy (non-hydrogen) atoms. The molecule has 1 atom stereocenters. The fraction of sp³-hybridized carbons (Fsp3) is 0.435. The third-order valence-corrected chi connectivity index (χ3v) is 6.41. The molecular weight excluding hydrogens is 394 g/mol. The van der Waals surface area contributed by atoms with Gasteiger partial charge in [-0.05, 0) is 76.5 Å². The van der Waals surface area contributed by atoms with Crippen LogP contribution in [-0.4, -0.2) is 43.2 Å². The van der Waals surface area contributed by atoms with Gasteiger partial charge in [-0.1, -0.05) is 12.1 Å². The van der Waals surface area contributed by atoms with Gasteiger partial charge in [-0.25, -0.2) is 0 Å². The predicted molar refractivity (Wildman–Crippen MR) is 121 cm³/mol. The molecule has 1 aliphatic rings. The summed E-state index contributed by atoms with van der Waals surface area (Å²) in [7, 11) is 0. The lowest BCUT2D eigenvalue weighted by molar-refractivity contribution is 0.0702. The Bertz CT molecular complexity index is 1140. The lowest BCUT2D eigenvalue weighted by Gasteiger charge is -2.32. The van der Waals surface area contributed by atoms with Crippen LogP contribution in [0, 0.1) is 25.5 Å². The first-order chi connectivity index (χ1) is 14.4. The number of hydrogen-bond donors (Lipinski definition) is 1. The lowest BCUT2D eigenvalue weighted by atomic mass is 9.96. The fourth-order valence-corrected chi connectivity index (χ4v) is 4.90. The molecule has 1 saturated heterocycles. The highest BCUT2D eigenvalue weighted by Gasteiger charge is 2.30. The highest BCUT2D eigenvalue weighted by Crippen LogP contribution is 2.29. The Morgan fingerprint density at radius 1 is 1.27 bits per heavy atom. The Morgan fingerprint density at radius 2 is 2.07 bits per heavy atom. The van der Waals surface area contributed by atoms with Gasteiger partial charge in [-0.2, -0.15) is 5.10 Å². The van der Waals surface area contributed by atoms with Crippen molar-refractivity contribution >= 4 is 18.1 Å². The standard InChI is InChI=1S/C23H29N5OS/c1-5-27-21(24-25-23(27)30)18-9-7-11-26(14-18)22(29)20-13-16(3)28(17(20)4)19-10-6-8-15(2)12-19/h6,8,10,12-13,18H,5,7,9,11,14H2,1-4H3,(H,25,30). The number of amides is 1. The number of aromatic amines is 1. The van der Waals surface area contributed by atoms with Gasteiger partial charge in [0.15, 0.2) is 4.77 Å². The molecule has 7 heteroatoms. The van der Waals surface area contributed by atoms with Crippen LogP contribution in [0.15, 0.2) is 30.3 Å². The first-order valence-corrected chi connectivity index (χ1v) is 11.0. The zero-order chi connectivity index (χ0) is 21.4. The molecule has 0 radical (unpaired) electrons. The van der Waals surface area contributed by atoms with E-state index >= 15 is 0 Å². The van der Waals surface area contributed by atoms with E-state index in [1.54, 1.807) is 0 Å². The summed E-state index contributed by atoms with van der Waals surface area (Å²) in [5.74, 6) is 1.27. The van der Waals surface area contributed by atoms with Crippen molar-refractivity contribution in [2.75, 3.05) is 13.1 Å². The normalized spacial score (nSPS) is 16.8. The average Bonchev–Trinajstić information content (AvgIpc) is 3.26. The van der Waals surface area contributed by atoms with E-state index in [-0.39, 0.29) is 11.8 Å². The second-order valence-electron chi connectivity index (χ2n) is 8.18. The lowest BCUT2D eigenvalue weighted by Crippen LogP contribution is -2.40. The number of likely N-dealkylation sites (tertiary alicyclic amines) is 1. The molecule has 0 spiro atoms. The number of H-pyrrole nitrogens is 1. The van der Waals surface area contributed by atoms with Gasteiger partial charge in [0.2, 0.25) is 0 Å². The quantitative estimate of drug-likeness (QED) is 0.619.